The Kier molecular flexibility index (Phi) is 3.87. The molecular weight excluding hydrogens is 210 g/mol. The van der Waals surface area contributed by atoms with E-state index in [1.807, 2.05) is 6.92 Å². The van der Waals surface area contributed by atoms with Gasteiger partial charge in [-0.15, -0.1) is 0 Å². The molecule has 0 aromatic carbocycles. The summed E-state index contributed by atoms with van der Waals surface area (Å²) in [5, 5.41) is 0. The van der Waals surface area contributed by atoms with E-state index in [1.54, 1.807) is 0 Å². The predicted octanol–water partition coefficient (Wildman–Crippen LogP) is -0.210. The SMILES string of the molecule is CCCS(=O)(=O)N1CCS(=O)CC1. The minimum absolute atomic E-state index is 0.208. The normalized spacial score (nSPS) is 21.9. The fraction of sp³-hybridized carbons (Fsp3) is 1.00. The topological polar surface area (TPSA) is 54.5 Å². The summed E-state index contributed by atoms with van der Waals surface area (Å²) in [5.74, 6) is 1.19. The van der Waals surface area contributed by atoms with Gasteiger partial charge in [0, 0.05) is 35.4 Å². The number of sulfonamides is 1. The molecule has 1 rings (SSSR count). The highest BCUT2D eigenvalue weighted by atomic mass is 32.2. The van der Waals surface area contributed by atoms with E-state index in [-0.39, 0.29) is 5.75 Å². The van der Waals surface area contributed by atoms with Crippen LogP contribution in [0.5, 0.6) is 0 Å². The van der Waals surface area contributed by atoms with Crippen LogP contribution in [0.2, 0.25) is 0 Å². The first-order chi connectivity index (χ1) is 6.06. The Morgan fingerprint density at radius 2 is 1.85 bits per heavy atom. The highest BCUT2D eigenvalue weighted by molar-refractivity contribution is 7.89. The molecule has 0 N–H and O–H groups in total. The summed E-state index contributed by atoms with van der Waals surface area (Å²) in [6.07, 6.45) is 0.641. The largest absolute Gasteiger partial charge is 0.259 e. The van der Waals surface area contributed by atoms with Gasteiger partial charge in [-0.05, 0) is 6.42 Å². The average Bonchev–Trinajstić information content (AvgIpc) is 2.05. The van der Waals surface area contributed by atoms with Crippen LogP contribution in [-0.2, 0) is 20.8 Å². The fourth-order valence-corrected chi connectivity index (χ4v) is 4.08. The molecule has 0 aromatic rings. The highest BCUT2D eigenvalue weighted by Gasteiger charge is 2.25. The molecule has 0 bridgehead atoms. The molecule has 1 saturated heterocycles. The van der Waals surface area contributed by atoms with Crippen LogP contribution in [0.3, 0.4) is 0 Å². The van der Waals surface area contributed by atoms with E-state index in [9.17, 15) is 12.6 Å². The second-order valence-corrected chi connectivity index (χ2v) is 6.85. The standard InChI is InChI=1S/C7H15NO3S2/c1-2-7-13(10,11)8-3-5-12(9)6-4-8/h2-7H2,1H3. The van der Waals surface area contributed by atoms with E-state index in [0.717, 1.165) is 0 Å². The molecule has 0 spiro atoms. The summed E-state index contributed by atoms with van der Waals surface area (Å²) in [5.41, 5.74) is 0. The van der Waals surface area contributed by atoms with Gasteiger partial charge in [0.25, 0.3) is 0 Å². The molecule has 4 nitrogen and oxygen atoms in total. The van der Waals surface area contributed by atoms with Crippen LogP contribution in [0.1, 0.15) is 13.3 Å². The van der Waals surface area contributed by atoms with Crippen LogP contribution in [0.25, 0.3) is 0 Å². The van der Waals surface area contributed by atoms with Crippen molar-refractivity contribution in [2.75, 3.05) is 30.3 Å². The summed E-state index contributed by atoms with van der Waals surface area (Å²) in [6, 6.07) is 0. The summed E-state index contributed by atoms with van der Waals surface area (Å²) < 4.78 is 35.5. The van der Waals surface area contributed by atoms with Gasteiger partial charge in [0.05, 0.1) is 5.75 Å². The summed E-state index contributed by atoms with van der Waals surface area (Å²) in [6.45, 7) is 2.70. The van der Waals surface area contributed by atoms with Crippen LogP contribution in [0.4, 0.5) is 0 Å². The van der Waals surface area contributed by atoms with Gasteiger partial charge < -0.3 is 0 Å². The first-order valence-electron chi connectivity index (χ1n) is 4.39. The lowest BCUT2D eigenvalue weighted by molar-refractivity contribution is 0.438. The van der Waals surface area contributed by atoms with Gasteiger partial charge >= 0.3 is 0 Å². The molecule has 0 saturated carbocycles. The van der Waals surface area contributed by atoms with Crippen molar-refractivity contribution in [3.05, 3.63) is 0 Å². The predicted molar refractivity (Wildman–Crippen MR) is 53.5 cm³/mol. The van der Waals surface area contributed by atoms with Crippen LogP contribution in [-0.4, -0.2) is 47.3 Å². The molecule has 0 unspecified atom stereocenters. The number of hydrogen-bond donors (Lipinski definition) is 0. The molecule has 1 fully saturated rings. The lowest BCUT2D eigenvalue weighted by atomic mass is 10.6. The van der Waals surface area contributed by atoms with Gasteiger partial charge in [0.1, 0.15) is 0 Å². The van der Waals surface area contributed by atoms with Gasteiger partial charge in [0.2, 0.25) is 10.0 Å². The maximum Gasteiger partial charge on any atom is 0.214 e. The number of hydrogen-bond acceptors (Lipinski definition) is 3. The van der Waals surface area contributed by atoms with Crippen LogP contribution in [0.15, 0.2) is 0 Å². The summed E-state index contributed by atoms with van der Waals surface area (Å²) in [4.78, 5) is 0. The second kappa shape index (κ2) is 4.52. The molecule has 0 aromatic heterocycles. The van der Waals surface area contributed by atoms with E-state index >= 15 is 0 Å². The lowest BCUT2D eigenvalue weighted by Crippen LogP contribution is -2.42. The highest BCUT2D eigenvalue weighted by Crippen LogP contribution is 2.07. The number of rotatable bonds is 3. The van der Waals surface area contributed by atoms with Crippen molar-refractivity contribution in [1.29, 1.82) is 0 Å². The van der Waals surface area contributed by atoms with E-state index in [0.29, 0.717) is 31.0 Å². The van der Waals surface area contributed by atoms with Gasteiger partial charge in [-0.2, -0.15) is 0 Å². The molecule has 0 atom stereocenters. The average molecular weight is 225 g/mol. The molecule has 0 radical (unpaired) electrons. The molecule has 1 aliphatic heterocycles. The summed E-state index contributed by atoms with van der Waals surface area (Å²) in [7, 11) is -3.86. The third-order valence-corrected chi connectivity index (χ3v) is 5.34. The molecule has 13 heavy (non-hydrogen) atoms. The minimum Gasteiger partial charge on any atom is -0.259 e. The van der Waals surface area contributed by atoms with Crippen molar-refractivity contribution in [2.24, 2.45) is 0 Å². The molecule has 6 heteroatoms. The smallest absolute Gasteiger partial charge is 0.214 e. The maximum atomic E-state index is 11.5. The van der Waals surface area contributed by atoms with Crippen LogP contribution in [0, 0.1) is 0 Å². The molecule has 0 aliphatic carbocycles. The van der Waals surface area contributed by atoms with Crippen molar-refractivity contribution in [1.82, 2.24) is 4.31 Å². The first-order valence-corrected chi connectivity index (χ1v) is 7.49. The van der Waals surface area contributed by atoms with E-state index in [4.69, 9.17) is 0 Å². The minimum atomic E-state index is -3.06. The molecule has 0 amide bonds. The Morgan fingerprint density at radius 3 is 2.31 bits per heavy atom. The molecular formula is C7H15NO3S2. The second-order valence-electron chi connectivity index (χ2n) is 3.06. The van der Waals surface area contributed by atoms with Crippen molar-refractivity contribution in [3.63, 3.8) is 0 Å². The van der Waals surface area contributed by atoms with Crippen molar-refractivity contribution < 1.29 is 12.6 Å². The quantitative estimate of drug-likeness (QED) is 0.668. The Labute approximate surface area is 81.8 Å². The zero-order chi connectivity index (χ0) is 9.90. The van der Waals surface area contributed by atoms with Crippen LogP contribution < -0.4 is 0 Å². The molecule has 1 aliphatic rings. The van der Waals surface area contributed by atoms with Gasteiger partial charge in [-0.25, -0.2) is 12.7 Å². The van der Waals surface area contributed by atoms with Crippen molar-refractivity contribution in [2.45, 2.75) is 13.3 Å². The van der Waals surface area contributed by atoms with Crippen molar-refractivity contribution >= 4 is 20.8 Å². The summed E-state index contributed by atoms with van der Waals surface area (Å²) >= 11 is 0. The lowest BCUT2D eigenvalue weighted by Gasteiger charge is -2.25. The molecule has 1 heterocycles. The first kappa shape index (κ1) is 11.1. The Bertz CT molecular complexity index is 276. The van der Waals surface area contributed by atoms with Gasteiger partial charge in [0.15, 0.2) is 0 Å². The third kappa shape index (κ3) is 3.03. The zero-order valence-electron chi connectivity index (χ0n) is 7.73. The number of nitrogens with zero attached hydrogens (tertiary/aromatic N) is 1. The van der Waals surface area contributed by atoms with Gasteiger partial charge in [-0.3, -0.25) is 4.21 Å². The Morgan fingerprint density at radius 1 is 1.31 bits per heavy atom. The Balaban J connectivity index is 2.58. The Hall–Kier alpha value is 0.0600. The zero-order valence-corrected chi connectivity index (χ0v) is 9.36. The van der Waals surface area contributed by atoms with E-state index < -0.39 is 20.8 Å². The van der Waals surface area contributed by atoms with E-state index in [2.05, 4.69) is 0 Å². The maximum absolute atomic E-state index is 11.5. The van der Waals surface area contributed by atoms with E-state index in [1.165, 1.54) is 4.31 Å². The van der Waals surface area contributed by atoms with Crippen LogP contribution >= 0.6 is 0 Å². The monoisotopic (exact) mass is 225 g/mol. The van der Waals surface area contributed by atoms with Crippen molar-refractivity contribution in [3.8, 4) is 0 Å². The molecule has 78 valence electrons. The fourth-order valence-electron chi connectivity index (χ4n) is 1.29. The van der Waals surface area contributed by atoms with Gasteiger partial charge in [-0.1, -0.05) is 6.92 Å². The third-order valence-electron chi connectivity index (χ3n) is 1.99.